The van der Waals surface area contributed by atoms with Gasteiger partial charge in [0.05, 0.1) is 5.60 Å². The fraction of sp³-hybridized carbons (Fsp3) is 0.667. The minimum Gasteiger partial charge on any atom is -0.363 e. The van der Waals surface area contributed by atoms with Crippen molar-refractivity contribution in [3.63, 3.8) is 0 Å². The Morgan fingerprint density at radius 2 is 2.44 bits per heavy atom. The van der Waals surface area contributed by atoms with Crippen molar-refractivity contribution in [2.45, 2.75) is 19.1 Å². The van der Waals surface area contributed by atoms with Crippen LogP contribution in [-0.4, -0.2) is 41.8 Å². The van der Waals surface area contributed by atoms with Crippen molar-refractivity contribution in [3.05, 3.63) is 11.7 Å². The van der Waals surface area contributed by atoms with Crippen molar-refractivity contribution in [2.24, 2.45) is 0 Å². The van der Waals surface area contributed by atoms with Crippen molar-refractivity contribution >= 4 is 5.91 Å². The van der Waals surface area contributed by atoms with Gasteiger partial charge in [-0.1, -0.05) is 5.16 Å². The molecule has 16 heavy (non-hydrogen) atoms. The van der Waals surface area contributed by atoms with Gasteiger partial charge in [0.2, 0.25) is 0 Å². The van der Waals surface area contributed by atoms with Crippen LogP contribution in [-0.2, 0) is 11.3 Å². The number of aromatic nitrogens is 2. The third-order valence-electron chi connectivity index (χ3n) is 2.44. The average molecular weight is 226 g/mol. The van der Waals surface area contributed by atoms with Crippen LogP contribution in [0.2, 0.25) is 0 Å². The molecule has 0 spiro atoms. The molecule has 88 valence electrons. The van der Waals surface area contributed by atoms with Crippen LogP contribution in [0.4, 0.5) is 0 Å². The molecule has 2 rings (SSSR count). The zero-order chi connectivity index (χ0) is 11.6. The SMILES string of the molecule is CNC(=O)c1noc(COC2(C)CNC2)n1. The average Bonchev–Trinajstić information content (AvgIpc) is 2.71. The predicted molar refractivity (Wildman–Crippen MR) is 53.8 cm³/mol. The molecule has 0 bridgehead atoms. The second-order valence-corrected chi connectivity index (χ2v) is 3.93. The number of carbonyl (C=O) groups is 1. The lowest BCUT2D eigenvalue weighted by molar-refractivity contribution is -0.0841. The molecular weight excluding hydrogens is 212 g/mol. The first-order valence-electron chi connectivity index (χ1n) is 5.02. The molecule has 0 aromatic carbocycles. The molecule has 1 aromatic heterocycles. The minimum absolute atomic E-state index is 0.0259. The van der Waals surface area contributed by atoms with Crippen molar-refractivity contribution in [1.82, 2.24) is 20.8 Å². The van der Waals surface area contributed by atoms with Gasteiger partial charge >= 0.3 is 0 Å². The first-order chi connectivity index (χ1) is 7.63. The zero-order valence-electron chi connectivity index (χ0n) is 9.24. The Kier molecular flexibility index (Phi) is 2.88. The van der Waals surface area contributed by atoms with E-state index in [1.807, 2.05) is 6.92 Å². The van der Waals surface area contributed by atoms with Gasteiger partial charge < -0.3 is 19.9 Å². The van der Waals surface area contributed by atoms with Gasteiger partial charge in [0, 0.05) is 20.1 Å². The standard InChI is InChI=1S/C9H14N4O3/c1-9(4-11-5-9)15-3-6-12-7(13-16-6)8(14)10-2/h11H,3-5H2,1-2H3,(H,10,14). The van der Waals surface area contributed by atoms with Crippen LogP contribution in [0.5, 0.6) is 0 Å². The maximum Gasteiger partial charge on any atom is 0.292 e. The largest absolute Gasteiger partial charge is 0.363 e. The molecule has 0 saturated carbocycles. The number of rotatable bonds is 4. The van der Waals surface area contributed by atoms with E-state index >= 15 is 0 Å². The van der Waals surface area contributed by atoms with E-state index in [9.17, 15) is 4.79 Å². The Balaban J connectivity index is 1.90. The first kappa shape index (κ1) is 11.0. The monoisotopic (exact) mass is 226 g/mol. The number of carbonyl (C=O) groups excluding carboxylic acids is 1. The number of amides is 1. The maximum atomic E-state index is 11.1. The number of hydrogen-bond donors (Lipinski definition) is 2. The lowest BCUT2D eigenvalue weighted by atomic mass is 10.0. The lowest BCUT2D eigenvalue weighted by Gasteiger charge is -2.38. The van der Waals surface area contributed by atoms with Gasteiger partial charge in [-0.25, -0.2) is 0 Å². The smallest absolute Gasteiger partial charge is 0.292 e. The molecule has 1 aliphatic heterocycles. The van der Waals surface area contributed by atoms with Crippen LogP contribution < -0.4 is 10.6 Å². The summed E-state index contributed by atoms with van der Waals surface area (Å²) in [5, 5.41) is 9.07. The molecule has 2 heterocycles. The Hall–Kier alpha value is -1.47. The van der Waals surface area contributed by atoms with E-state index in [1.54, 1.807) is 0 Å². The second kappa shape index (κ2) is 4.18. The van der Waals surface area contributed by atoms with Gasteiger partial charge in [-0.3, -0.25) is 4.79 Å². The van der Waals surface area contributed by atoms with E-state index < -0.39 is 0 Å². The van der Waals surface area contributed by atoms with E-state index in [0.29, 0.717) is 5.89 Å². The molecule has 1 saturated heterocycles. The summed E-state index contributed by atoms with van der Waals surface area (Å²) in [5.74, 6) is -0.0313. The Morgan fingerprint density at radius 3 is 3.00 bits per heavy atom. The summed E-state index contributed by atoms with van der Waals surface area (Å²) in [6, 6.07) is 0. The molecule has 7 nitrogen and oxygen atoms in total. The van der Waals surface area contributed by atoms with Gasteiger partial charge in [-0.05, 0) is 6.92 Å². The highest BCUT2D eigenvalue weighted by Crippen LogP contribution is 2.17. The van der Waals surface area contributed by atoms with E-state index in [-0.39, 0.29) is 23.9 Å². The summed E-state index contributed by atoms with van der Waals surface area (Å²) < 4.78 is 10.5. The molecule has 0 atom stereocenters. The fourth-order valence-corrected chi connectivity index (χ4v) is 1.33. The van der Waals surface area contributed by atoms with Gasteiger partial charge in [-0.2, -0.15) is 4.98 Å². The quantitative estimate of drug-likeness (QED) is 0.706. The summed E-state index contributed by atoms with van der Waals surface area (Å²) in [4.78, 5) is 15.1. The number of nitrogens with one attached hydrogen (secondary N) is 2. The van der Waals surface area contributed by atoms with E-state index in [2.05, 4.69) is 20.8 Å². The van der Waals surface area contributed by atoms with Crippen LogP contribution in [0.3, 0.4) is 0 Å². The summed E-state index contributed by atoms with van der Waals surface area (Å²) in [7, 11) is 1.51. The van der Waals surface area contributed by atoms with Gasteiger partial charge in [-0.15, -0.1) is 0 Å². The maximum absolute atomic E-state index is 11.1. The fourth-order valence-electron chi connectivity index (χ4n) is 1.33. The molecule has 1 fully saturated rings. The van der Waals surface area contributed by atoms with Gasteiger partial charge in [0.15, 0.2) is 0 Å². The van der Waals surface area contributed by atoms with E-state index in [1.165, 1.54) is 7.05 Å². The van der Waals surface area contributed by atoms with Gasteiger partial charge in [0.1, 0.15) is 6.61 Å². The molecule has 0 unspecified atom stereocenters. The molecule has 0 aliphatic carbocycles. The van der Waals surface area contributed by atoms with E-state index in [0.717, 1.165) is 13.1 Å². The highest BCUT2D eigenvalue weighted by molar-refractivity contribution is 5.89. The van der Waals surface area contributed by atoms with Gasteiger partial charge in [0.25, 0.3) is 17.6 Å². The number of ether oxygens (including phenoxy) is 1. The van der Waals surface area contributed by atoms with Crippen LogP contribution in [0.25, 0.3) is 0 Å². The van der Waals surface area contributed by atoms with Crippen LogP contribution in [0.15, 0.2) is 4.52 Å². The third-order valence-corrected chi connectivity index (χ3v) is 2.44. The van der Waals surface area contributed by atoms with Crippen LogP contribution in [0.1, 0.15) is 23.4 Å². The van der Waals surface area contributed by atoms with Crippen LogP contribution in [0, 0.1) is 0 Å². The van der Waals surface area contributed by atoms with E-state index in [4.69, 9.17) is 9.26 Å². The summed E-state index contributed by atoms with van der Waals surface area (Å²) in [6.45, 7) is 3.84. The molecule has 7 heteroatoms. The Labute approximate surface area is 92.5 Å². The molecular formula is C9H14N4O3. The zero-order valence-corrected chi connectivity index (χ0v) is 9.24. The molecule has 2 N–H and O–H groups in total. The predicted octanol–water partition coefficient (Wildman–Crippen LogP) is -0.692. The highest BCUT2D eigenvalue weighted by atomic mass is 16.5. The third kappa shape index (κ3) is 2.20. The number of hydrogen-bond acceptors (Lipinski definition) is 6. The summed E-state index contributed by atoms with van der Waals surface area (Å²) in [5.41, 5.74) is -0.165. The Bertz CT molecular complexity index is 386. The molecule has 1 aliphatic rings. The lowest BCUT2D eigenvalue weighted by Crippen LogP contribution is -2.58. The minimum atomic E-state index is -0.369. The molecule has 0 radical (unpaired) electrons. The Morgan fingerprint density at radius 1 is 1.69 bits per heavy atom. The van der Waals surface area contributed by atoms with Crippen molar-refractivity contribution in [3.8, 4) is 0 Å². The second-order valence-electron chi connectivity index (χ2n) is 3.93. The highest BCUT2D eigenvalue weighted by Gasteiger charge is 2.33. The van der Waals surface area contributed by atoms with Crippen molar-refractivity contribution < 1.29 is 14.1 Å². The normalized spacial score (nSPS) is 17.9. The molecule has 1 aromatic rings. The molecule has 1 amide bonds. The summed E-state index contributed by atoms with van der Waals surface area (Å²) >= 11 is 0. The van der Waals surface area contributed by atoms with Crippen molar-refractivity contribution in [2.75, 3.05) is 20.1 Å². The van der Waals surface area contributed by atoms with Crippen LogP contribution >= 0.6 is 0 Å². The topological polar surface area (TPSA) is 89.3 Å². The first-order valence-corrected chi connectivity index (χ1v) is 5.02. The number of nitrogens with zero attached hydrogens (tertiary/aromatic N) is 2. The van der Waals surface area contributed by atoms with Crippen molar-refractivity contribution in [1.29, 1.82) is 0 Å². The summed E-state index contributed by atoms with van der Waals surface area (Å²) in [6.07, 6.45) is 0.